The van der Waals surface area contributed by atoms with E-state index in [0.717, 1.165) is 17.5 Å². The first-order valence-electron chi connectivity index (χ1n) is 8.53. The number of hydrogen-bond acceptors (Lipinski definition) is 5. The summed E-state index contributed by atoms with van der Waals surface area (Å²) in [6.45, 7) is 7.10. The maximum absolute atomic E-state index is 12.3. The van der Waals surface area contributed by atoms with Crippen LogP contribution in [-0.2, 0) is 14.8 Å². The van der Waals surface area contributed by atoms with Gasteiger partial charge in [0.15, 0.2) is 5.76 Å². The Labute approximate surface area is 154 Å². The van der Waals surface area contributed by atoms with Crippen molar-refractivity contribution in [1.29, 1.82) is 0 Å². The van der Waals surface area contributed by atoms with Crippen molar-refractivity contribution in [3.63, 3.8) is 0 Å². The normalized spacial score (nSPS) is 12.8. The molecular formula is C18H25N3O4S. The Morgan fingerprint density at radius 1 is 1.19 bits per heavy atom. The summed E-state index contributed by atoms with van der Waals surface area (Å²) in [4.78, 5) is 12.2. The van der Waals surface area contributed by atoms with Crippen molar-refractivity contribution < 1.29 is 17.7 Å². The van der Waals surface area contributed by atoms with E-state index in [1.165, 1.54) is 6.92 Å². The average molecular weight is 379 g/mol. The average Bonchev–Trinajstić information content (AvgIpc) is 2.93. The summed E-state index contributed by atoms with van der Waals surface area (Å²) in [6, 6.07) is 7.89. The quantitative estimate of drug-likeness (QED) is 0.734. The number of aryl methyl sites for hydroxylation is 3. The van der Waals surface area contributed by atoms with Crippen LogP contribution in [0.1, 0.15) is 48.4 Å². The molecule has 1 atom stereocenters. The van der Waals surface area contributed by atoms with Gasteiger partial charge < -0.3 is 9.84 Å². The zero-order valence-electron chi connectivity index (χ0n) is 15.5. The molecule has 0 aliphatic rings. The predicted octanol–water partition coefficient (Wildman–Crippen LogP) is 2.54. The van der Waals surface area contributed by atoms with Crippen LogP contribution in [0.15, 0.2) is 33.7 Å². The maximum Gasteiger partial charge on any atom is 0.245 e. The molecule has 26 heavy (non-hydrogen) atoms. The number of hydrogen-bond donors (Lipinski definition) is 2. The minimum absolute atomic E-state index is 0.00254. The molecule has 0 spiro atoms. The van der Waals surface area contributed by atoms with Crippen LogP contribution in [-0.4, -0.2) is 26.0 Å². The fraction of sp³-hybridized carbons (Fsp3) is 0.444. The van der Waals surface area contributed by atoms with Crippen LogP contribution in [0.4, 0.5) is 0 Å². The first kappa shape index (κ1) is 20.1. The monoisotopic (exact) mass is 379 g/mol. The summed E-state index contributed by atoms with van der Waals surface area (Å²) in [6.07, 6.45) is 0.796. The fourth-order valence-electron chi connectivity index (χ4n) is 2.72. The molecule has 0 saturated heterocycles. The molecule has 7 nitrogen and oxygen atoms in total. The van der Waals surface area contributed by atoms with Gasteiger partial charge in [0.05, 0.1) is 6.04 Å². The molecule has 1 aromatic carbocycles. The Kier molecular flexibility index (Phi) is 6.55. The zero-order chi connectivity index (χ0) is 19.3. The Hall–Kier alpha value is -2.19. The molecule has 0 saturated carbocycles. The second kappa shape index (κ2) is 8.46. The van der Waals surface area contributed by atoms with E-state index >= 15 is 0 Å². The Balaban J connectivity index is 1.91. The molecule has 2 aromatic rings. The molecule has 142 valence electrons. The summed E-state index contributed by atoms with van der Waals surface area (Å²) in [7, 11) is -3.75. The number of sulfonamides is 1. The van der Waals surface area contributed by atoms with Gasteiger partial charge in [-0.25, -0.2) is 13.1 Å². The van der Waals surface area contributed by atoms with Crippen molar-refractivity contribution in [3.8, 4) is 0 Å². The lowest BCUT2D eigenvalue weighted by molar-refractivity contribution is -0.121. The van der Waals surface area contributed by atoms with E-state index in [9.17, 15) is 13.2 Å². The van der Waals surface area contributed by atoms with Gasteiger partial charge in [0.25, 0.3) is 0 Å². The van der Waals surface area contributed by atoms with E-state index in [0.29, 0.717) is 5.69 Å². The predicted molar refractivity (Wildman–Crippen MR) is 98.1 cm³/mol. The number of nitrogens with zero attached hydrogens (tertiary/aromatic N) is 1. The van der Waals surface area contributed by atoms with Crippen LogP contribution in [0.5, 0.6) is 0 Å². The maximum atomic E-state index is 12.3. The van der Waals surface area contributed by atoms with E-state index in [2.05, 4.69) is 15.2 Å². The van der Waals surface area contributed by atoms with E-state index in [1.54, 1.807) is 6.92 Å². The molecule has 0 bridgehead atoms. The molecular weight excluding hydrogens is 354 g/mol. The van der Waals surface area contributed by atoms with Gasteiger partial charge in [0, 0.05) is 13.0 Å². The number of carbonyl (C=O) groups is 1. The zero-order valence-corrected chi connectivity index (χ0v) is 16.3. The van der Waals surface area contributed by atoms with Gasteiger partial charge in [0.2, 0.25) is 15.9 Å². The van der Waals surface area contributed by atoms with Crippen LogP contribution >= 0.6 is 0 Å². The van der Waals surface area contributed by atoms with E-state index in [1.807, 2.05) is 38.1 Å². The van der Waals surface area contributed by atoms with Crippen molar-refractivity contribution in [1.82, 2.24) is 15.2 Å². The molecule has 0 unspecified atom stereocenters. The Bertz CT molecular complexity index is 838. The largest absolute Gasteiger partial charge is 0.360 e. The smallest absolute Gasteiger partial charge is 0.245 e. The van der Waals surface area contributed by atoms with Gasteiger partial charge in [-0.15, -0.1) is 0 Å². The molecule has 0 aliphatic carbocycles. The third-order valence-electron chi connectivity index (χ3n) is 4.10. The van der Waals surface area contributed by atoms with Crippen LogP contribution in [0, 0.1) is 20.8 Å². The number of carbonyl (C=O) groups excluding carboxylic acids is 1. The van der Waals surface area contributed by atoms with Crippen LogP contribution in [0.2, 0.25) is 0 Å². The van der Waals surface area contributed by atoms with Crippen molar-refractivity contribution >= 4 is 15.9 Å². The summed E-state index contributed by atoms with van der Waals surface area (Å²) < 4.78 is 31.9. The molecule has 8 heteroatoms. The lowest BCUT2D eigenvalue weighted by Crippen LogP contribution is -2.33. The highest BCUT2D eigenvalue weighted by molar-refractivity contribution is 7.89. The minimum atomic E-state index is -3.75. The Morgan fingerprint density at radius 3 is 2.38 bits per heavy atom. The van der Waals surface area contributed by atoms with Gasteiger partial charge in [0.1, 0.15) is 10.6 Å². The molecule has 0 aliphatic heterocycles. The number of rotatable bonds is 8. The van der Waals surface area contributed by atoms with Crippen molar-refractivity contribution in [3.05, 3.63) is 46.8 Å². The molecule has 0 fully saturated rings. The third-order valence-corrected chi connectivity index (χ3v) is 5.81. The summed E-state index contributed by atoms with van der Waals surface area (Å²) >= 11 is 0. The van der Waals surface area contributed by atoms with Gasteiger partial charge in [-0.2, -0.15) is 0 Å². The molecule has 1 heterocycles. The van der Waals surface area contributed by atoms with Gasteiger partial charge in [-0.05, 0) is 32.8 Å². The van der Waals surface area contributed by atoms with Crippen molar-refractivity contribution in [2.24, 2.45) is 0 Å². The number of nitrogens with one attached hydrogen (secondary N) is 2. The molecule has 2 N–H and O–H groups in total. The standard InChI is InChI=1S/C18H25N3O4S/c1-5-16(15-8-6-12(2)7-9-15)20-17(22)10-11-19-26(23,24)18-13(3)21-25-14(18)4/h6-9,16,19H,5,10-11H2,1-4H3,(H,20,22)/t16-/m0/s1. The minimum Gasteiger partial charge on any atom is -0.360 e. The number of amides is 1. The number of aromatic nitrogens is 1. The first-order chi connectivity index (χ1) is 12.2. The van der Waals surface area contributed by atoms with Crippen LogP contribution in [0.3, 0.4) is 0 Å². The fourth-order valence-corrected chi connectivity index (χ4v) is 4.07. The second-order valence-corrected chi connectivity index (χ2v) is 7.94. The highest BCUT2D eigenvalue weighted by Gasteiger charge is 2.24. The molecule has 1 amide bonds. The van der Waals surface area contributed by atoms with Gasteiger partial charge in [-0.3, -0.25) is 4.79 Å². The van der Waals surface area contributed by atoms with Crippen molar-refractivity contribution in [2.75, 3.05) is 6.54 Å². The van der Waals surface area contributed by atoms with E-state index < -0.39 is 10.0 Å². The third kappa shape index (κ3) is 4.92. The Morgan fingerprint density at radius 2 is 1.85 bits per heavy atom. The highest BCUT2D eigenvalue weighted by Crippen LogP contribution is 2.19. The highest BCUT2D eigenvalue weighted by atomic mass is 32.2. The van der Waals surface area contributed by atoms with E-state index in [4.69, 9.17) is 4.52 Å². The SMILES string of the molecule is CC[C@H](NC(=O)CCNS(=O)(=O)c1c(C)noc1C)c1ccc(C)cc1. The van der Waals surface area contributed by atoms with Crippen molar-refractivity contribution in [2.45, 2.75) is 51.5 Å². The summed E-state index contributed by atoms with van der Waals surface area (Å²) in [5.74, 6) is 0.0174. The topological polar surface area (TPSA) is 101 Å². The molecule has 0 radical (unpaired) electrons. The first-order valence-corrected chi connectivity index (χ1v) is 10.0. The number of benzene rings is 1. The molecule has 2 rings (SSSR count). The van der Waals surface area contributed by atoms with Gasteiger partial charge in [-0.1, -0.05) is 41.9 Å². The van der Waals surface area contributed by atoms with E-state index in [-0.39, 0.29) is 35.6 Å². The van der Waals surface area contributed by atoms with Gasteiger partial charge >= 0.3 is 0 Å². The van der Waals surface area contributed by atoms with Crippen LogP contribution < -0.4 is 10.0 Å². The lowest BCUT2D eigenvalue weighted by atomic mass is 10.0. The summed E-state index contributed by atoms with van der Waals surface area (Å²) in [5.41, 5.74) is 2.48. The summed E-state index contributed by atoms with van der Waals surface area (Å²) in [5, 5.41) is 6.58. The second-order valence-electron chi connectivity index (χ2n) is 6.24. The lowest BCUT2D eigenvalue weighted by Gasteiger charge is -2.18. The van der Waals surface area contributed by atoms with Crippen LogP contribution in [0.25, 0.3) is 0 Å². The molecule has 1 aromatic heterocycles.